The van der Waals surface area contributed by atoms with E-state index in [1.165, 1.54) is 6.92 Å². The van der Waals surface area contributed by atoms with Crippen LogP contribution in [-0.4, -0.2) is 11.0 Å². The van der Waals surface area contributed by atoms with Gasteiger partial charge < -0.3 is 10.4 Å². The lowest BCUT2D eigenvalue weighted by Crippen LogP contribution is -2.05. The summed E-state index contributed by atoms with van der Waals surface area (Å²) >= 11 is 1.60. The molecule has 0 spiro atoms. The Morgan fingerprint density at radius 2 is 1.80 bits per heavy atom. The van der Waals surface area contributed by atoms with Crippen LogP contribution in [0.15, 0.2) is 58.3 Å². The molecule has 0 heterocycles. The molecular formula is C16H17NO2S. The number of carbonyl (C=O) groups is 1. The SMILES string of the molecule is CC(=O)Nc1ccc(Sc2ccccc2[C@H](C)O)cc1. The number of aliphatic hydroxyl groups excluding tert-OH is 1. The Morgan fingerprint density at radius 1 is 1.15 bits per heavy atom. The van der Waals surface area contributed by atoms with Crippen LogP contribution in [0.4, 0.5) is 5.69 Å². The third-order valence-electron chi connectivity index (χ3n) is 2.77. The topological polar surface area (TPSA) is 49.3 Å². The first-order valence-electron chi connectivity index (χ1n) is 6.39. The Balaban J connectivity index is 2.16. The summed E-state index contributed by atoms with van der Waals surface area (Å²) in [5.41, 5.74) is 1.70. The van der Waals surface area contributed by atoms with Gasteiger partial charge in [-0.15, -0.1) is 0 Å². The van der Waals surface area contributed by atoms with Gasteiger partial charge in [0.2, 0.25) is 5.91 Å². The Hall–Kier alpha value is -1.78. The predicted octanol–water partition coefficient (Wildman–Crippen LogP) is 3.85. The Bertz CT molecular complexity index is 594. The molecule has 2 N–H and O–H groups in total. The summed E-state index contributed by atoms with van der Waals surface area (Å²) in [4.78, 5) is 13.1. The molecule has 3 nitrogen and oxygen atoms in total. The number of carbonyl (C=O) groups excluding carboxylic acids is 1. The Kier molecular flexibility index (Phi) is 4.82. The average molecular weight is 287 g/mol. The molecule has 0 fully saturated rings. The summed E-state index contributed by atoms with van der Waals surface area (Å²) in [6.45, 7) is 3.25. The van der Waals surface area contributed by atoms with Gasteiger partial charge in [0, 0.05) is 22.4 Å². The first-order valence-corrected chi connectivity index (χ1v) is 7.20. The van der Waals surface area contributed by atoms with Crippen molar-refractivity contribution in [3.8, 4) is 0 Å². The smallest absolute Gasteiger partial charge is 0.221 e. The van der Waals surface area contributed by atoms with Crippen molar-refractivity contribution in [2.45, 2.75) is 29.7 Å². The molecule has 4 heteroatoms. The van der Waals surface area contributed by atoms with Crippen LogP contribution >= 0.6 is 11.8 Å². The van der Waals surface area contributed by atoms with E-state index >= 15 is 0 Å². The number of aliphatic hydroxyl groups is 1. The van der Waals surface area contributed by atoms with E-state index in [1.807, 2.05) is 48.5 Å². The van der Waals surface area contributed by atoms with Crippen LogP contribution in [0.1, 0.15) is 25.5 Å². The number of anilines is 1. The van der Waals surface area contributed by atoms with Crippen molar-refractivity contribution < 1.29 is 9.90 Å². The van der Waals surface area contributed by atoms with Crippen LogP contribution in [-0.2, 0) is 4.79 Å². The highest BCUT2D eigenvalue weighted by molar-refractivity contribution is 7.99. The summed E-state index contributed by atoms with van der Waals surface area (Å²) < 4.78 is 0. The van der Waals surface area contributed by atoms with Crippen LogP contribution in [0.3, 0.4) is 0 Å². The van der Waals surface area contributed by atoms with Crippen LogP contribution in [0.2, 0.25) is 0 Å². The van der Waals surface area contributed by atoms with E-state index in [1.54, 1.807) is 18.7 Å². The molecule has 1 amide bonds. The maximum absolute atomic E-state index is 11.0. The third kappa shape index (κ3) is 3.85. The zero-order valence-corrected chi connectivity index (χ0v) is 12.3. The minimum absolute atomic E-state index is 0.0788. The lowest BCUT2D eigenvalue weighted by atomic mass is 10.1. The molecule has 0 aliphatic carbocycles. The third-order valence-corrected chi connectivity index (χ3v) is 3.87. The molecule has 20 heavy (non-hydrogen) atoms. The van der Waals surface area contributed by atoms with E-state index in [-0.39, 0.29) is 5.91 Å². The maximum Gasteiger partial charge on any atom is 0.221 e. The Morgan fingerprint density at radius 3 is 2.40 bits per heavy atom. The van der Waals surface area contributed by atoms with Gasteiger partial charge in [-0.2, -0.15) is 0 Å². The highest BCUT2D eigenvalue weighted by atomic mass is 32.2. The normalized spacial score (nSPS) is 11.9. The van der Waals surface area contributed by atoms with Crippen molar-refractivity contribution in [1.29, 1.82) is 0 Å². The molecule has 2 rings (SSSR count). The molecule has 1 atom stereocenters. The van der Waals surface area contributed by atoms with Gasteiger partial charge in [0.25, 0.3) is 0 Å². The van der Waals surface area contributed by atoms with E-state index in [0.29, 0.717) is 0 Å². The minimum atomic E-state index is -0.489. The number of rotatable bonds is 4. The molecule has 2 aromatic carbocycles. The van der Waals surface area contributed by atoms with Gasteiger partial charge in [0.05, 0.1) is 6.10 Å². The molecule has 0 radical (unpaired) electrons. The second-order valence-corrected chi connectivity index (χ2v) is 5.64. The van der Waals surface area contributed by atoms with Gasteiger partial charge in [0.1, 0.15) is 0 Å². The van der Waals surface area contributed by atoms with Crippen molar-refractivity contribution in [1.82, 2.24) is 0 Å². The second-order valence-electron chi connectivity index (χ2n) is 4.52. The second kappa shape index (κ2) is 6.59. The van der Waals surface area contributed by atoms with Gasteiger partial charge in [0.15, 0.2) is 0 Å². The minimum Gasteiger partial charge on any atom is -0.389 e. The highest BCUT2D eigenvalue weighted by Gasteiger charge is 2.08. The van der Waals surface area contributed by atoms with Crippen molar-refractivity contribution in [2.24, 2.45) is 0 Å². The molecule has 104 valence electrons. The van der Waals surface area contributed by atoms with Gasteiger partial charge in [-0.25, -0.2) is 0 Å². The van der Waals surface area contributed by atoms with Crippen LogP contribution in [0, 0.1) is 0 Å². The van der Waals surface area contributed by atoms with Gasteiger partial charge in [-0.05, 0) is 42.8 Å². The van der Waals surface area contributed by atoms with Crippen molar-refractivity contribution in [2.75, 3.05) is 5.32 Å². The standard InChI is InChI=1S/C16H17NO2S/c1-11(18)15-5-3-4-6-16(15)20-14-9-7-13(8-10-14)17-12(2)19/h3-11,18H,1-2H3,(H,17,19)/t11-/m0/s1. The van der Waals surface area contributed by atoms with Crippen LogP contribution in [0.25, 0.3) is 0 Å². The molecule has 0 aliphatic rings. The van der Waals surface area contributed by atoms with Crippen molar-refractivity contribution in [3.05, 3.63) is 54.1 Å². The Labute approximate surface area is 123 Å². The fourth-order valence-corrected chi connectivity index (χ4v) is 2.88. The number of amides is 1. The molecule has 0 saturated carbocycles. The van der Waals surface area contributed by atoms with E-state index < -0.39 is 6.10 Å². The number of nitrogens with one attached hydrogen (secondary N) is 1. The highest BCUT2D eigenvalue weighted by Crippen LogP contribution is 2.33. The fourth-order valence-electron chi connectivity index (χ4n) is 1.86. The summed E-state index contributed by atoms with van der Waals surface area (Å²) in [5, 5.41) is 12.5. The molecule has 0 saturated heterocycles. The van der Waals surface area contributed by atoms with Crippen molar-refractivity contribution >= 4 is 23.4 Å². The van der Waals surface area contributed by atoms with Gasteiger partial charge in [-0.1, -0.05) is 30.0 Å². The van der Waals surface area contributed by atoms with Gasteiger partial charge >= 0.3 is 0 Å². The zero-order valence-electron chi connectivity index (χ0n) is 11.5. The number of hydrogen-bond donors (Lipinski definition) is 2. The molecule has 0 aliphatic heterocycles. The lowest BCUT2D eigenvalue weighted by Gasteiger charge is -2.11. The maximum atomic E-state index is 11.0. The van der Waals surface area contributed by atoms with Gasteiger partial charge in [-0.3, -0.25) is 4.79 Å². The lowest BCUT2D eigenvalue weighted by molar-refractivity contribution is -0.114. The predicted molar refractivity (Wildman–Crippen MR) is 81.9 cm³/mol. The quantitative estimate of drug-likeness (QED) is 0.898. The van der Waals surface area contributed by atoms with E-state index in [2.05, 4.69) is 5.32 Å². The summed E-state index contributed by atoms with van der Waals surface area (Å²) in [5.74, 6) is -0.0788. The summed E-state index contributed by atoms with van der Waals surface area (Å²) in [7, 11) is 0. The number of hydrogen-bond acceptors (Lipinski definition) is 3. The first-order chi connectivity index (χ1) is 9.56. The monoisotopic (exact) mass is 287 g/mol. The first kappa shape index (κ1) is 14.6. The van der Waals surface area contributed by atoms with E-state index in [4.69, 9.17) is 0 Å². The molecule has 2 aromatic rings. The average Bonchev–Trinajstić information content (AvgIpc) is 2.41. The fraction of sp³-hybridized carbons (Fsp3) is 0.188. The number of benzene rings is 2. The summed E-state index contributed by atoms with van der Waals surface area (Å²) in [6, 6.07) is 15.5. The van der Waals surface area contributed by atoms with E-state index in [0.717, 1.165) is 21.0 Å². The molecule has 0 aromatic heterocycles. The largest absolute Gasteiger partial charge is 0.389 e. The van der Waals surface area contributed by atoms with Crippen molar-refractivity contribution in [3.63, 3.8) is 0 Å². The summed E-state index contributed by atoms with van der Waals surface area (Å²) in [6.07, 6.45) is -0.489. The zero-order chi connectivity index (χ0) is 14.5. The molecule has 0 bridgehead atoms. The van der Waals surface area contributed by atoms with Crippen LogP contribution < -0.4 is 5.32 Å². The van der Waals surface area contributed by atoms with Crippen LogP contribution in [0.5, 0.6) is 0 Å². The molecule has 0 unspecified atom stereocenters. The van der Waals surface area contributed by atoms with E-state index in [9.17, 15) is 9.90 Å². The molecular weight excluding hydrogens is 270 g/mol.